The molecule has 0 aromatic heterocycles. The first-order valence-corrected chi connectivity index (χ1v) is 7.37. The van der Waals surface area contributed by atoms with E-state index in [1.54, 1.807) is 0 Å². The Balaban J connectivity index is 0.000000162. The zero-order chi connectivity index (χ0) is 7.66. The van der Waals surface area contributed by atoms with Gasteiger partial charge in [-0.25, -0.2) is 12.2 Å². The van der Waals surface area contributed by atoms with E-state index in [1.807, 2.05) is 12.2 Å². The monoisotopic (exact) mass is 192 g/mol. The molecule has 0 aromatic carbocycles. The first-order chi connectivity index (χ1) is 4.91. The zero-order valence-electron chi connectivity index (χ0n) is 6.93. The van der Waals surface area contributed by atoms with E-state index in [0.29, 0.717) is 17.4 Å². The van der Waals surface area contributed by atoms with Gasteiger partial charge in [0.05, 0.1) is 0 Å². The van der Waals surface area contributed by atoms with E-state index < -0.39 is 0 Å². The van der Waals surface area contributed by atoms with E-state index in [-0.39, 0.29) is 0 Å². The second kappa shape index (κ2) is 9.12. The molecular weight excluding hydrogens is 178 g/mol. The minimum atomic E-state index is 0.312. The molecule has 1 aliphatic rings. The predicted molar refractivity (Wildman–Crippen MR) is 48.3 cm³/mol. The maximum atomic E-state index is 2.99. The first kappa shape index (κ1) is 10.1. The quantitative estimate of drug-likeness (QED) is 0.467. The fourth-order valence-electron chi connectivity index (χ4n) is 0.629. The van der Waals surface area contributed by atoms with Crippen molar-refractivity contribution in [2.75, 3.05) is 0 Å². The van der Waals surface area contributed by atoms with E-state index in [4.69, 9.17) is 0 Å². The largest absolute Gasteiger partial charge is 0.273 e. The van der Waals surface area contributed by atoms with Crippen LogP contribution in [0.25, 0.3) is 0 Å². The summed E-state index contributed by atoms with van der Waals surface area (Å²) in [7, 11) is 0. The van der Waals surface area contributed by atoms with Gasteiger partial charge in [-0.05, 0) is 0 Å². The molecule has 1 aliphatic carbocycles. The fourth-order valence-corrected chi connectivity index (χ4v) is 1.84. The van der Waals surface area contributed by atoms with Gasteiger partial charge in [0.15, 0.2) is 0 Å². The summed E-state index contributed by atoms with van der Waals surface area (Å²) in [4.78, 5) is 3.00. The van der Waals surface area contributed by atoms with Gasteiger partial charge in [0, 0.05) is 0 Å². The average Bonchev–Trinajstić information content (AvgIpc) is 2.44. The van der Waals surface area contributed by atoms with Crippen LogP contribution >= 0.6 is 0 Å². The van der Waals surface area contributed by atoms with Gasteiger partial charge >= 0.3 is 41.2 Å². The molecule has 10 heavy (non-hydrogen) atoms. The summed E-state index contributed by atoms with van der Waals surface area (Å²) in [5.41, 5.74) is 0. The summed E-state index contributed by atoms with van der Waals surface area (Å²) in [6.07, 6.45) is 10.0. The van der Waals surface area contributed by atoms with Crippen molar-refractivity contribution in [3.63, 3.8) is 0 Å². The van der Waals surface area contributed by atoms with Crippen molar-refractivity contribution in [3.8, 4) is 0 Å². The Morgan fingerprint density at radius 1 is 1.40 bits per heavy atom. The van der Waals surface area contributed by atoms with Crippen molar-refractivity contribution in [3.05, 3.63) is 24.3 Å². The molecule has 0 aromatic rings. The van der Waals surface area contributed by atoms with Gasteiger partial charge in [-0.2, -0.15) is 6.08 Å². The molecule has 0 saturated heterocycles. The molecule has 0 N–H and O–H groups in total. The third-order valence-corrected chi connectivity index (χ3v) is 3.59. The SMILES string of the molecule is C[CH2][Ga+][CH2]C.[C-]1=CC=CC1. The van der Waals surface area contributed by atoms with Gasteiger partial charge in [-0.3, -0.25) is 6.08 Å². The van der Waals surface area contributed by atoms with Gasteiger partial charge in [-0.15, -0.1) is 6.42 Å². The van der Waals surface area contributed by atoms with Crippen LogP contribution in [-0.2, 0) is 0 Å². The number of allylic oxidation sites excluding steroid dienone is 4. The molecule has 0 amide bonds. The van der Waals surface area contributed by atoms with Gasteiger partial charge in [0.1, 0.15) is 0 Å². The molecule has 0 aliphatic heterocycles. The Bertz CT molecular complexity index is 91.3. The molecular formula is C9H15Ga. The van der Waals surface area contributed by atoms with E-state index in [2.05, 4.69) is 26.0 Å². The van der Waals surface area contributed by atoms with E-state index in [1.165, 1.54) is 9.95 Å². The molecule has 1 rings (SSSR count). The second-order valence-electron chi connectivity index (χ2n) is 2.11. The van der Waals surface area contributed by atoms with E-state index >= 15 is 0 Å². The van der Waals surface area contributed by atoms with Crippen LogP contribution in [0.1, 0.15) is 20.3 Å². The summed E-state index contributed by atoms with van der Waals surface area (Å²) >= 11 is 0.312. The predicted octanol–water partition coefficient (Wildman–Crippen LogP) is 2.87. The molecule has 0 nitrogen and oxygen atoms in total. The molecule has 0 saturated carbocycles. The molecule has 0 unspecified atom stereocenters. The van der Waals surface area contributed by atoms with Crippen LogP contribution in [0.15, 0.2) is 18.2 Å². The van der Waals surface area contributed by atoms with Crippen LogP contribution in [0.4, 0.5) is 0 Å². The molecule has 0 bridgehead atoms. The Labute approximate surface area is 72.2 Å². The van der Waals surface area contributed by atoms with Crippen LogP contribution in [0.3, 0.4) is 0 Å². The van der Waals surface area contributed by atoms with Crippen molar-refractivity contribution in [2.45, 2.75) is 30.2 Å². The Kier molecular flexibility index (Phi) is 9.22. The average molecular weight is 193 g/mol. The molecule has 54 valence electrons. The Morgan fingerprint density at radius 2 is 2.10 bits per heavy atom. The van der Waals surface area contributed by atoms with Gasteiger partial charge in [-0.1, -0.05) is 0 Å². The van der Waals surface area contributed by atoms with Crippen molar-refractivity contribution in [1.29, 1.82) is 0 Å². The minimum absolute atomic E-state index is 0.312. The second-order valence-corrected chi connectivity index (χ2v) is 6.75. The summed E-state index contributed by atoms with van der Waals surface area (Å²) in [5.74, 6) is 0. The van der Waals surface area contributed by atoms with Crippen LogP contribution in [0, 0.1) is 6.08 Å². The Morgan fingerprint density at radius 3 is 2.20 bits per heavy atom. The minimum Gasteiger partial charge on any atom is -0.273 e. The number of hydrogen-bond donors (Lipinski definition) is 0. The topological polar surface area (TPSA) is 0 Å². The maximum Gasteiger partial charge on any atom is -0.109 e. The summed E-state index contributed by atoms with van der Waals surface area (Å²) < 4.78 is 0. The number of hydrogen-bond acceptors (Lipinski definition) is 0. The van der Waals surface area contributed by atoms with Crippen LogP contribution in [-0.4, -0.2) is 17.4 Å². The van der Waals surface area contributed by atoms with Crippen LogP contribution in [0.2, 0.25) is 9.95 Å². The normalized spacial score (nSPS) is 12.2. The van der Waals surface area contributed by atoms with Crippen LogP contribution < -0.4 is 0 Å². The fraction of sp³-hybridized carbons (Fsp3) is 0.556. The smallest absolute Gasteiger partial charge is 0.109 e. The maximum absolute atomic E-state index is 2.99. The van der Waals surface area contributed by atoms with Crippen molar-refractivity contribution in [2.24, 2.45) is 0 Å². The molecule has 0 atom stereocenters. The molecule has 0 fully saturated rings. The molecule has 0 spiro atoms. The third kappa shape index (κ3) is 8.12. The van der Waals surface area contributed by atoms with Crippen LogP contribution in [0.5, 0.6) is 0 Å². The summed E-state index contributed by atoms with van der Waals surface area (Å²) in [6.45, 7) is 4.56. The van der Waals surface area contributed by atoms with Crippen molar-refractivity contribution in [1.82, 2.24) is 0 Å². The van der Waals surface area contributed by atoms with Crippen molar-refractivity contribution >= 4 is 17.4 Å². The summed E-state index contributed by atoms with van der Waals surface area (Å²) in [5, 5.41) is 0. The van der Waals surface area contributed by atoms with Crippen molar-refractivity contribution < 1.29 is 0 Å². The molecule has 1 heteroatoms. The van der Waals surface area contributed by atoms with E-state index in [9.17, 15) is 0 Å². The van der Waals surface area contributed by atoms with Gasteiger partial charge < -0.3 is 0 Å². The summed E-state index contributed by atoms with van der Waals surface area (Å²) in [6, 6.07) is 0. The number of rotatable bonds is 2. The molecule has 0 radical (unpaired) electrons. The van der Waals surface area contributed by atoms with Gasteiger partial charge in [0.25, 0.3) is 0 Å². The first-order valence-electron chi connectivity index (χ1n) is 3.95. The third-order valence-electron chi connectivity index (χ3n) is 1.16. The van der Waals surface area contributed by atoms with Gasteiger partial charge in [0.2, 0.25) is 0 Å². The Hall–Kier alpha value is 0.116. The standard InChI is InChI=1S/C5H5.2C2H5.Ga/c1-2-4-5-3-1;2*1-2;/h1-3H,4H2;2*1H2,2H3;/q-1;;;+1. The van der Waals surface area contributed by atoms with E-state index in [0.717, 1.165) is 6.42 Å². The zero-order valence-corrected chi connectivity index (χ0v) is 9.35. The molecule has 0 heterocycles.